The maximum absolute atomic E-state index is 13.3. The summed E-state index contributed by atoms with van der Waals surface area (Å²) in [6.07, 6.45) is 0.643. The number of para-hydroxylation sites is 1. The van der Waals surface area contributed by atoms with Crippen molar-refractivity contribution in [1.82, 2.24) is 5.32 Å². The van der Waals surface area contributed by atoms with Crippen molar-refractivity contribution in [1.29, 1.82) is 0 Å². The van der Waals surface area contributed by atoms with E-state index in [1.807, 2.05) is 48.5 Å². The molecular formula is C22H19ClN2O3S. The van der Waals surface area contributed by atoms with Crippen LogP contribution < -0.4 is 9.62 Å². The summed E-state index contributed by atoms with van der Waals surface area (Å²) in [6.45, 7) is 0.701. The Balaban J connectivity index is 1.61. The van der Waals surface area contributed by atoms with Crippen molar-refractivity contribution in [3.8, 4) is 0 Å². The molecule has 3 aromatic carbocycles. The van der Waals surface area contributed by atoms with Gasteiger partial charge in [0.1, 0.15) is 4.90 Å². The highest BCUT2D eigenvalue weighted by Crippen LogP contribution is 2.35. The van der Waals surface area contributed by atoms with Crippen molar-refractivity contribution < 1.29 is 13.2 Å². The van der Waals surface area contributed by atoms with Crippen LogP contribution in [-0.2, 0) is 23.0 Å². The quantitative estimate of drug-likeness (QED) is 0.670. The molecule has 7 heteroatoms. The Kier molecular flexibility index (Phi) is 5.30. The molecular weight excluding hydrogens is 408 g/mol. The van der Waals surface area contributed by atoms with E-state index in [4.69, 9.17) is 11.6 Å². The van der Waals surface area contributed by atoms with Gasteiger partial charge < -0.3 is 5.32 Å². The summed E-state index contributed by atoms with van der Waals surface area (Å²) >= 11 is 6.23. The van der Waals surface area contributed by atoms with Gasteiger partial charge in [0.05, 0.1) is 10.7 Å². The number of anilines is 1. The van der Waals surface area contributed by atoms with Crippen LogP contribution in [-0.4, -0.2) is 20.9 Å². The van der Waals surface area contributed by atoms with Crippen LogP contribution >= 0.6 is 11.6 Å². The molecule has 4 rings (SSSR count). The SMILES string of the molecule is O=C(NCc1ccccc1)c1ccc(Cl)c(S(=O)(=O)N2CCc3ccccc32)c1. The third-order valence-corrected chi connectivity index (χ3v) is 7.20. The average Bonchev–Trinajstić information content (AvgIpc) is 3.18. The number of carbonyl (C=O) groups excluding carboxylic acids is 1. The van der Waals surface area contributed by atoms with Crippen molar-refractivity contribution in [3.63, 3.8) is 0 Å². The van der Waals surface area contributed by atoms with Crippen molar-refractivity contribution in [2.24, 2.45) is 0 Å². The second-order valence-corrected chi connectivity index (χ2v) is 9.01. The Hall–Kier alpha value is -2.83. The van der Waals surface area contributed by atoms with Crippen LogP contribution in [0, 0.1) is 0 Å². The van der Waals surface area contributed by atoms with Gasteiger partial charge in [-0.15, -0.1) is 0 Å². The number of carbonyl (C=O) groups is 1. The summed E-state index contributed by atoms with van der Waals surface area (Å²) < 4.78 is 27.9. The van der Waals surface area contributed by atoms with Gasteiger partial charge in [0, 0.05) is 18.7 Å². The van der Waals surface area contributed by atoms with E-state index in [1.165, 1.54) is 22.5 Å². The fourth-order valence-electron chi connectivity index (χ4n) is 3.40. The number of hydrogen-bond donors (Lipinski definition) is 1. The molecule has 0 saturated carbocycles. The van der Waals surface area contributed by atoms with Gasteiger partial charge in [-0.1, -0.05) is 60.1 Å². The molecule has 1 amide bonds. The van der Waals surface area contributed by atoms with E-state index in [9.17, 15) is 13.2 Å². The minimum Gasteiger partial charge on any atom is -0.348 e. The Labute approximate surface area is 175 Å². The first-order valence-electron chi connectivity index (χ1n) is 9.19. The highest BCUT2D eigenvalue weighted by atomic mass is 35.5. The maximum atomic E-state index is 13.3. The Morgan fingerprint density at radius 2 is 1.72 bits per heavy atom. The molecule has 1 N–H and O–H groups in total. The van der Waals surface area contributed by atoms with E-state index in [0.29, 0.717) is 25.2 Å². The number of nitrogens with one attached hydrogen (secondary N) is 1. The highest BCUT2D eigenvalue weighted by molar-refractivity contribution is 7.93. The summed E-state index contributed by atoms with van der Waals surface area (Å²) in [5.41, 5.74) is 2.83. The second kappa shape index (κ2) is 7.89. The molecule has 0 fully saturated rings. The van der Waals surface area contributed by atoms with Crippen LogP contribution in [0.1, 0.15) is 21.5 Å². The fraction of sp³-hybridized carbons (Fsp3) is 0.136. The zero-order valence-electron chi connectivity index (χ0n) is 15.5. The largest absolute Gasteiger partial charge is 0.348 e. The zero-order valence-corrected chi connectivity index (χ0v) is 17.1. The summed E-state index contributed by atoms with van der Waals surface area (Å²) in [4.78, 5) is 12.5. The molecule has 0 spiro atoms. The zero-order chi connectivity index (χ0) is 20.4. The number of sulfonamides is 1. The van der Waals surface area contributed by atoms with Gasteiger partial charge in [0.2, 0.25) is 0 Å². The average molecular weight is 427 g/mol. The molecule has 29 heavy (non-hydrogen) atoms. The molecule has 3 aromatic rings. The van der Waals surface area contributed by atoms with Gasteiger partial charge in [-0.2, -0.15) is 0 Å². The van der Waals surface area contributed by atoms with Gasteiger partial charge in [0.15, 0.2) is 0 Å². The number of benzene rings is 3. The van der Waals surface area contributed by atoms with Crippen molar-refractivity contribution in [2.45, 2.75) is 17.9 Å². The summed E-state index contributed by atoms with van der Waals surface area (Å²) in [7, 11) is -3.88. The minimum atomic E-state index is -3.88. The third-order valence-electron chi connectivity index (χ3n) is 4.90. The van der Waals surface area contributed by atoms with E-state index in [2.05, 4.69) is 5.32 Å². The van der Waals surface area contributed by atoms with Crippen LogP contribution in [0.5, 0.6) is 0 Å². The second-order valence-electron chi connectivity index (χ2n) is 6.77. The van der Waals surface area contributed by atoms with E-state index in [0.717, 1.165) is 11.1 Å². The molecule has 1 aliphatic rings. The minimum absolute atomic E-state index is 0.0665. The van der Waals surface area contributed by atoms with Crippen molar-refractivity contribution >= 4 is 33.2 Å². The molecule has 5 nitrogen and oxygen atoms in total. The lowest BCUT2D eigenvalue weighted by Gasteiger charge is -2.20. The number of rotatable bonds is 5. The monoisotopic (exact) mass is 426 g/mol. The summed E-state index contributed by atoms with van der Waals surface area (Å²) in [6, 6.07) is 21.2. The van der Waals surface area contributed by atoms with E-state index < -0.39 is 10.0 Å². The standard InChI is InChI=1S/C22H19ClN2O3S/c23-19-11-10-18(22(26)24-15-16-6-2-1-3-7-16)14-21(19)29(27,28)25-13-12-17-8-4-5-9-20(17)25/h1-11,14H,12-13,15H2,(H,24,26). The molecule has 0 aromatic heterocycles. The number of nitrogens with zero attached hydrogens (tertiary/aromatic N) is 1. The Morgan fingerprint density at radius 3 is 2.52 bits per heavy atom. The van der Waals surface area contributed by atoms with Gasteiger partial charge in [-0.3, -0.25) is 9.10 Å². The number of amides is 1. The van der Waals surface area contributed by atoms with Crippen LogP contribution in [0.2, 0.25) is 5.02 Å². The first-order valence-corrected chi connectivity index (χ1v) is 11.0. The first-order chi connectivity index (χ1) is 14.0. The Bertz CT molecular complexity index is 1160. The predicted octanol–water partition coefficient (Wildman–Crippen LogP) is 4.02. The lowest BCUT2D eigenvalue weighted by Crippen LogP contribution is -2.30. The van der Waals surface area contributed by atoms with E-state index in [-0.39, 0.29) is 21.4 Å². The van der Waals surface area contributed by atoms with E-state index in [1.54, 1.807) is 6.07 Å². The van der Waals surface area contributed by atoms with Gasteiger partial charge in [0.25, 0.3) is 15.9 Å². The number of halogens is 1. The molecule has 0 unspecified atom stereocenters. The fourth-order valence-corrected chi connectivity index (χ4v) is 5.41. The number of fused-ring (bicyclic) bond motifs is 1. The van der Waals surface area contributed by atoms with Crippen molar-refractivity contribution in [3.05, 3.63) is 94.5 Å². The number of hydrogen-bond acceptors (Lipinski definition) is 3. The van der Waals surface area contributed by atoms with Crippen molar-refractivity contribution in [2.75, 3.05) is 10.8 Å². The topological polar surface area (TPSA) is 66.5 Å². The lowest BCUT2D eigenvalue weighted by atomic mass is 10.2. The highest BCUT2D eigenvalue weighted by Gasteiger charge is 2.32. The first kappa shape index (κ1) is 19.5. The maximum Gasteiger partial charge on any atom is 0.265 e. The Morgan fingerprint density at radius 1 is 1.00 bits per heavy atom. The van der Waals surface area contributed by atoms with Crippen LogP contribution in [0.15, 0.2) is 77.7 Å². The molecule has 0 bridgehead atoms. The van der Waals surface area contributed by atoms with Gasteiger partial charge >= 0.3 is 0 Å². The van der Waals surface area contributed by atoms with Crippen LogP contribution in [0.3, 0.4) is 0 Å². The molecule has 0 atom stereocenters. The predicted molar refractivity (Wildman–Crippen MR) is 114 cm³/mol. The van der Waals surface area contributed by atoms with Crippen LogP contribution in [0.25, 0.3) is 0 Å². The molecule has 0 aliphatic carbocycles. The van der Waals surface area contributed by atoms with E-state index >= 15 is 0 Å². The molecule has 148 valence electrons. The molecule has 1 aliphatic heterocycles. The molecule has 0 radical (unpaired) electrons. The normalized spacial score (nSPS) is 13.2. The third kappa shape index (κ3) is 3.86. The molecule has 0 saturated heterocycles. The summed E-state index contributed by atoms with van der Waals surface area (Å²) in [5, 5.41) is 2.90. The smallest absolute Gasteiger partial charge is 0.265 e. The summed E-state index contributed by atoms with van der Waals surface area (Å²) in [5.74, 6) is -0.358. The van der Waals surface area contributed by atoms with Gasteiger partial charge in [-0.05, 0) is 41.8 Å². The lowest BCUT2D eigenvalue weighted by molar-refractivity contribution is 0.0950. The molecule has 1 heterocycles. The van der Waals surface area contributed by atoms with Crippen LogP contribution in [0.4, 0.5) is 5.69 Å². The van der Waals surface area contributed by atoms with Gasteiger partial charge in [-0.25, -0.2) is 8.42 Å².